The van der Waals surface area contributed by atoms with Gasteiger partial charge in [0.05, 0.1) is 17.7 Å². The Balaban J connectivity index is 2.65. The molecule has 0 aliphatic rings. The van der Waals surface area contributed by atoms with Crippen molar-refractivity contribution in [3.63, 3.8) is 0 Å². The SMILES string of the molecule is CNCCC(O)C(O)c1ccc(C#N)cc1. The van der Waals surface area contributed by atoms with Gasteiger partial charge in [-0.2, -0.15) is 5.26 Å². The maximum atomic E-state index is 9.82. The van der Waals surface area contributed by atoms with Crippen LogP contribution in [0, 0.1) is 11.3 Å². The minimum atomic E-state index is -0.902. The molecular formula is C12H16N2O2. The lowest BCUT2D eigenvalue weighted by Crippen LogP contribution is -2.23. The summed E-state index contributed by atoms with van der Waals surface area (Å²) in [4.78, 5) is 0. The Bertz CT molecular complexity index is 356. The van der Waals surface area contributed by atoms with E-state index in [9.17, 15) is 10.2 Å². The lowest BCUT2D eigenvalue weighted by molar-refractivity contribution is 0.0140. The Morgan fingerprint density at radius 2 is 1.94 bits per heavy atom. The van der Waals surface area contributed by atoms with Gasteiger partial charge in [0, 0.05) is 0 Å². The van der Waals surface area contributed by atoms with Crippen molar-refractivity contribution in [1.29, 1.82) is 5.26 Å². The van der Waals surface area contributed by atoms with Gasteiger partial charge >= 0.3 is 0 Å². The molecule has 0 saturated heterocycles. The molecule has 3 N–H and O–H groups in total. The highest BCUT2D eigenvalue weighted by Crippen LogP contribution is 2.18. The van der Waals surface area contributed by atoms with Crippen molar-refractivity contribution < 1.29 is 10.2 Å². The molecule has 0 bridgehead atoms. The third-order valence-corrected chi connectivity index (χ3v) is 2.44. The Hall–Kier alpha value is -1.41. The molecule has 0 radical (unpaired) electrons. The third kappa shape index (κ3) is 3.31. The van der Waals surface area contributed by atoms with Gasteiger partial charge in [-0.1, -0.05) is 12.1 Å². The number of nitrogens with one attached hydrogen (secondary N) is 1. The number of aliphatic hydroxyl groups is 2. The monoisotopic (exact) mass is 220 g/mol. The number of benzene rings is 1. The first kappa shape index (κ1) is 12.7. The molecule has 0 aliphatic heterocycles. The van der Waals surface area contributed by atoms with Gasteiger partial charge in [-0.05, 0) is 37.7 Å². The molecule has 0 spiro atoms. The second kappa shape index (κ2) is 6.23. The zero-order valence-electron chi connectivity index (χ0n) is 9.22. The van der Waals surface area contributed by atoms with Crippen molar-refractivity contribution >= 4 is 0 Å². The fourth-order valence-corrected chi connectivity index (χ4v) is 1.43. The average Bonchev–Trinajstić information content (AvgIpc) is 2.35. The van der Waals surface area contributed by atoms with E-state index in [4.69, 9.17) is 5.26 Å². The van der Waals surface area contributed by atoms with E-state index in [1.807, 2.05) is 6.07 Å². The second-order valence-corrected chi connectivity index (χ2v) is 3.64. The fraction of sp³-hybridized carbons (Fsp3) is 0.417. The van der Waals surface area contributed by atoms with Crippen LogP contribution in [0.25, 0.3) is 0 Å². The van der Waals surface area contributed by atoms with Crippen LogP contribution < -0.4 is 5.32 Å². The van der Waals surface area contributed by atoms with Gasteiger partial charge in [0.15, 0.2) is 0 Å². The van der Waals surface area contributed by atoms with Crippen molar-refractivity contribution in [3.05, 3.63) is 35.4 Å². The summed E-state index contributed by atoms with van der Waals surface area (Å²) in [6.45, 7) is 0.647. The van der Waals surface area contributed by atoms with Gasteiger partial charge < -0.3 is 15.5 Å². The highest BCUT2D eigenvalue weighted by atomic mass is 16.3. The molecule has 86 valence electrons. The van der Waals surface area contributed by atoms with Crippen molar-refractivity contribution in [2.24, 2.45) is 0 Å². The predicted molar refractivity (Wildman–Crippen MR) is 60.7 cm³/mol. The predicted octanol–water partition coefficient (Wildman–Crippen LogP) is 0.562. The quantitative estimate of drug-likeness (QED) is 0.677. The molecule has 0 fully saturated rings. The largest absolute Gasteiger partial charge is 0.390 e. The number of hydrogen-bond donors (Lipinski definition) is 3. The van der Waals surface area contributed by atoms with E-state index in [1.54, 1.807) is 31.3 Å². The Labute approximate surface area is 95.2 Å². The normalized spacial score (nSPS) is 14.1. The number of nitrogens with zero attached hydrogens (tertiary/aromatic N) is 1. The van der Waals surface area contributed by atoms with E-state index in [-0.39, 0.29) is 0 Å². The van der Waals surface area contributed by atoms with Crippen LogP contribution in [0.2, 0.25) is 0 Å². The standard InChI is InChI=1S/C12H16N2O2/c1-14-7-6-11(15)12(16)10-4-2-9(8-13)3-5-10/h2-5,11-12,14-16H,6-7H2,1H3. The summed E-state index contributed by atoms with van der Waals surface area (Å²) < 4.78 is 0. The third-order valence-electron chi connectivity index (χ3n) is 2.44. The molecule has 0 amide bonds. The number of nitriles is 1. The molecule has 4 heteroatoms. The Kier molecular flexibility index (Phi) is 4.93. The van der Waals surface area contributed by atoms with Crippen LogP contribution in [0.15, 0.2) is 24.3 Å². The topological polar surface area (TPSA) is 76.3 Å². The minimum Gasteiger partial charge on any atom is -0.390 e. The highest BCUT2D eigenvalue weighted by molar-refractivity contribution is 5.32. The molecule has 2 unspecified atom stereocenters. The van der Waals surface area contributed by atoms with E-state index in [0.29, 0.717) is 24.1 Å². The number of aliphatic hydroxyl groups excluding tert-OH is 2. The van der Waals surface area contributed by atoms with Gasteiger partial charge in [0.2, 0.25) is 0 Å². The van der Waals surface area contributed by atoms with E-state index >= 15 is 0 Å². The molecule has 0 heterocycles. The summed E-state index contributed by atoms with van der Waals surface area (Å²) in [6, 6.07) is 8.58. The maximum absolute atomic E-state index is 9.82. The van der Waals surface area contributed by atoms with Crippen LogP contribution in [0.3, 0.4) is 0 Å². The molecule has 0 saturated carbocycles. The summed E-state index contributed by atoms with van der Waals surface area (Å²) in [5.74, 6) is 0. The summed E-state index contributed by atoms with van der Waals surface area (Å²) >= 11 is 0. The van der Waals surface area contributed by atoms with Gasteiger partial charge in [0.1, 0.15) is 6.10 Å². The molecule has 0 aromatic heterocycles. The van der Waals surface area contributed by atoms with E-state index in [2.05, 4.69) is 5.32 Å². The van der Waals surface area contributed by atoms with Crippen molar-refractivity contribution in [2.75, 3.05) is 13.6 Å². The fourth-order valence-electron chi connectivity index (χ4n) is 1.43. The van der Waals surface area contributed by atoms with Crippen molar-refractivity contribution in [1.82, 2.24) is 5.32 Å². The second-order valence-electron chi connectivity index (χ2n) is 3.64. The Morgan fingerprint density at radius 1 is 1.31 bits per heavy atom. The van der Waals surface area contributed by atoms with Crippen LogP contribution in [0.4, 0.5) is 0 Å². The van der Waals surface area contributed by atoms with Gasteiger partial charge in [0.25, 0.3) is 0 Å². The van der Waals surface area contributed by atoms with Crippen LogP contribution >= 0.6 is 0 Å². The first-order valence-corrected chi connectivity index (χ1v) is 5.20. The van der Waals surface area contributed by atoms with Gasteiger partial charge in [-0.3, -0.25) is 0 Å². The molecule has 2 atom stereocenters. The van der Waals surface area contributed by atoms with Gasteiger partial charge in [-0.25, -0.2) is 0 Å². The van der Waals surface area contributed by atoms with Crippen LogP contribution in [-0.4, -0.2) is 29.9 Å². The van der Waals surface area contributed by atoms with Crippen LogP contribution in [0.5, 0.6) is 0 Å². The Morgan fingerprint density at radius 3 is 2.44 bits per heavy atom. The highest BCUT2D eigenvalue weighted by Gasteiger charge is 2.17. The minimum absolute atomic E-state index is 0.484. The molecule has 0 aliphatic carbocycles. The summed E-state index contributed by atoms with van der Waals surface area (Å²) in [7, 11) is 1.79. The zero-order chi connectivity index (χ0) is 12.0. The first-order chi connectivity index (χ1) is 7.69. The molecular weight excluding hydrogens is 204 g/mol. The average molecular weight is 220 g/mol. The molecule has 4 nitrogen and oxygen atoms in total. The van der Waals surface area contributed by atoms with Gasteiger partial charge in [-0.15, -0.1) is 0 Å². The summed E-state index contributed by atoms with van der Waals surface area (Å²) in [6.07, 6.45) is -1.21. The van der Waals surface area contributed by atoms with E-state index in [1.165, 1.54) is 0 Å². The molecule has 1 aromatic rings. The summed E-state index contributed by atoms with van der Waals surface area (Å²) in [5, 5.41) is 31.0. The molecule has 1 rings (SSSR count). The van der Waals surface area contributed by atoms with Crippen molar-refractivity contribution in [2.45, 2.75) is 18.6 Å². The first-order valence-electron chi connectivity index (χ1n) is 5.20. The van der Waals surface area contributed by atoms with E-state index in [0.717, 1.165) is 0 Å². The lowest BCUT2D eigenvalue weighted by Gasteiger charge is -2.17. The molecule has 1 aromatic carbocycles. The zero-order valence-corrected chi connectivity index (χ0v) is 9.22. The summed E-state index contributed by atoms with van der Waals surface area (Å²) in [5.41, 5.74) is 1.17. The maximum Gasteiger partial charge on any atom is 0.105 e. The number of rotatable bonds is 5. The van der Waals surface area contributed by atoms with Crippen LogP contribution in [-0.2, 0) is 0 Å². The van der Waals surface area contributed by atoms with E-state index < -0.39 is 12.2 Å². The number of hydrogen-bond acceptors (Lipinski definition) is 4. The smallest absolute Gasteiger partial charge is 0.105 e. The lowest BCUT2D eigenvalue weighted by atomic mass is 10.0. The molecule has 16 heavy (non-hydrogen) atoms. The van der Waals surface area contributed by atoms with Crippen LogP contribution in [0.1, 0.15) is 23.7 Å². The van der Waals surface area contributed by atoms with Crippen molar-refractivity contribution in [3.8, 4) is 6.07 Å².